The third kappa shape index (κ3) is 4.74. The Hall–Kier alpha value is -2.58. The fourth-order valence-corrected chi connectivity index (χ4v) is 3.64. The zero-order valence-electron chi connectivity index (χ0n) is 15.0. The van der Waals surface area contributed by atoms with Crippen molar-refractivity contribution in [1.82, 2.24) is 4.72 Å². The molecule has 0 unspecified atom stereocenters. The maximum atomic E-state index is 12.5. The number of hydrogen-bond donors (Lipinski definition) is 1. The van der Waals surface area contributed by atoms with Crippen LogP contribution in [0.2, 0.25) is 0 Å². The molecule has 0 atom stereocenters. The van der Waals surface area contributed by atoms with Gasteiger partial charge < -0.3 is 14.2 Å². The first-order valence-corrected chi connectivity index (χ1v) is 9.31. The second kappa shape index (κ2) is 8.20. The Morgan fingerprint density at radius 2 is 1.58 bits per heavy atom. The van der Waals surface area contributed by atoms with Crippen LogP contribution in [0.4, 0.5) is 0 Å². The first-order valence-electron chi connectivity index (χ1n) is 7.83. The molecule has 0 aliphatic heterocycles. The number of nitrogens with one attached hydrogen (secondary N) is 1. The minimum atomic E-state index is -3.84. The fourth-order valence-electron chi connectivity index (χ4n) is 2.20. The summed E-state index contributed by atoms with van der Waals surface area (Å²) in [5.74, 6) is 0.400. The number of carbonyl (C=O) groups excluding carboxylic acids is 1. The summed E-state index contributed by atoms with van der Waals surface area (Å²) >= 11 is 0. The van der Waals surface area contributed by atoms with E-state index < -0.39 is 16.0 Å². The molecule has 1 N–H and O–H groups in total. The van der Waals surface area contributed by atoms with Crippen LogP contribution in [0.1, 0.15) is 24.2 Å². The lowest BCUT2D eigenvalue weighted by molar-refractivity contribution is 0.0734. The molecule has 2 aromatic carbocycles. The molecule has 0 aliphatic rings. The Labute approximate surface area is 152 Å². The van der Waals surface area contributed by atoms with Crippen molar-refractivity contribution < 1.29 is 27.4 Å². The molecule has 0 bridgehead atoms. The van der Waals surface area contributed by atoms with Crippen LogP contribution in [0.5, 0.6) is 17.2 Å². The average Bonchev–Trinajstić information content (AvgIpc) is 2.60. The smallest absolute Gasteiger partial charge is 0.343 e. The lowest BCUT2D eigenvalue weighted by atomic mass is 10.2. The number of esters is 1. The summed E-state index contributed by atoms with van der Waals surface area (Å²) in [6, 6.07) is 10.3. The predicted octanol–water partition coefficient (Wildman–Crippen LogP) is 2.61. The molecule has 0 saturated carbocycles. The lowest BCUT2D eigenvalue weighted by Crippen LogP contribution is -2.30. The molecule has 0 aromatic heterocycles. The van der Waals surface area contributed by atoms with Gasteiger partial charge in [0.25, 0.3) is 0 Å². The van der Waals surface area contributed by atoms with Crippen LogP contribution >= 0.6 is 0 Å². The number of ether oxygens (including phenoxy) is 3. The Morgan fingerprint density at radius 3 is 2.12 bits per heavy atom. The van der Waals surface area contributed by atoms with E-state index in [1.54, 1.807) is 38.1 Å². The molecule has 0 amide bonds. The van der Waals surface area contributed by atoms with E-state index in [4.69, 9.17) is 14.2 Å². The highest BCUT2D eigenvalue weighted by molar-refractivity contribution is 7.89. The number of benzene rings is 2. The van der Waals surface area contributed by atoms with Crippen molar-refractivity contribution in [3.05, 3.63) is 48.0 Å². The summed E-state index contributed by atoms with van der Waals surface area (Å²) < 4.78 is 42.8. The van der Waals surface area contributed by atoms with Gasteiger partial charge in [0.15, 0.2) is 0 Å². The van der Waals surface area contributed by atoms with E-state index in [-0.39, 0.29) is 22.3 Å². The third-order valence-electron chi connectivity index (χ3n) is 3.35. The van der Waals surface area contributed by atoms with Crippen LogP contribution in [0.15, 0.2) is 47.4 Å². The second-order valence-corrected chi connectivity index (χ2v) is 7.39. The third-order valence-corrected chi connectivity index (χ3v) is 5.03. The molecule has 2 aromatic rings. The SMILES string of the molecule is COc1ccc(OC(=O)c2ccc(OC)c(S(=O)(=O)NC(C)C)c2)cc1. The zero-order chi connectivity index (χ0) is 19.3. The molecular weight excluding hydrogens is 358 g/mol. The van der Waals surface area contributed by atoms with E-state index in [9.17, 15) is 13.2 Å². The number of carbonyl (C=O) groups is 1. The van der Waals surface area contributed by atoms with Crippen molar-refractivity contribution >= 4 is 16.0 Å². The van der Waals surface area contributed by atoms with E-state index in [1.165, 1.54) is 32.4 Å². The van der Waals surface area contributed by atoms with Gasteiger partial charge in [0, 0.05) is 6.04 Å². The topological polar surface area (TPSA) is 90.9 Å². The Balaban J connectivity index is 2.31. The summed E-state index contributed by atoms with van der Waals surface area (Å²) in [7, 11) is -0.946. The van der Waals surface area contributed by atoms with Gasteiger partial charge in [-0.3, -0.25) is 0 Å². The second-order valence-electron chi connectivity index (χ2n) is 5.71. The van der Waals surface area contributed by atoms with Crippen molar-refractivity contribution in [3.8, 4) is 17.2 Å². The molecule has 0 aliphatic carbocycles. The molecule has 26 heavy (non-hydrogen) atoms. The van der Waals surface area contributed by atoms with Crippen molar-refractivity contribution in [2.24, 2.45) is 0 Å². The minimum absolute atomic E-state index is 0.0887. The van der Waals surface area contributed by atoms with Crippen LogP contribution in [0.3, 0.4) is 0 Å². The number of rotatable bonds is 7. The van der Waals surface area contributed by atoms with Gasteiger partial charge in [-0.15, -0.1) is 0 Å². The van der Waals surface area contributed by atoms with Gasteiger partial charge in [0.05, 0.1) is 19.8 Å². The fraction of sp³-hybridized carbons (Fsp3) is 0.278. The lowest BCUT2D eigenvalue weighted by Gasteiger charge is -2.14. The number of sulfonamides is 1. The summed E-state index contributed by atoms with van der Waals surface area (Å²) in [5.41, 5.74) is 0.0887. The zero-order valence-corrected chi connectivity index (χ0v) is 15.8. The van der Waals surface area contributed by atoms with Gasteiger partial charge in [-0.2, -0.15) is 0 Å². The maximum absolute atomic E-state index is 12.5. The highest BCUT2D eigenvalue weighted by Gasteiger charge is 2.23. The van der Waals surface area contributed by atoms with Crippen LogP contribution in [0, 0.1) is 0 Å². The van der Waals surface area contributed by atoms with Crippen molar-refractivity contribution in [3.63, 3.8) is 0 Å². The molecule has 140 valence electrons. The van der Waals surface area contributed by atoms with Crippen LogP contribution in [-0.2, 0) is 10.0 Å². The number of methoxy groups -OCH3 is 2. The van der Waals surface area contributed by atoms with E-state index in [1.807, 2.05) is 0 Å². The molecule has 0 spiro atoms. The van der Waals surface area contributed by atoms with Crippen LogP contribution in [0.25, 0.3) is 0 Å². The van der Waals surface area contributed by atoms with Crippen molar-refractivity contribution in [2.45, 2.75) is 24.8 Å². The average molecular weight is 379 g/mol. The van der Waals surface area contributed by atoms with E-state index >= 15 is 0 Å². The molecule has 7 nitrogen and oxygen atoms in total. The van der Waals surface area contributed by atoms with E-state index in [0.29, 0.717) is 11.5 Å². The van der Waals surface area contributed by atoms with E-state index in [2.05, 4.69) is 4.72 Å². The summed E-state index contributed by atoms with van der Waals surface area (Å²) in [5, 5.41) is 0. The summed E-state index contributed by atoms with van der Waals surface area (Å²) in [4.78, 5) is 12.2. The Bertz CT molecular complexity index is 875. The van der Waals surface area contributed by atoms with Crippen molar-refractivity contribution in [2.75, 3.05) is 14.2 Å². The van der Waals surface area contributed by atoms with E-state index in [0.717, 1.165) is 0 Å². The maximum Gasteiger partial charge on any atom is 0.343 e. The van der Waals surface area contributed by atoms with Crippen LogP contribution in [-0.4, -0.2) is 34.6 Å². The highest BCUT2D eigenvalue weighted by atomic mass is 32.2. The van der Waals surface area contributed by atoms with Gasteiger partial charge in [0.1, 0.15) is 22.1 Å². The summed E-state index contributed by atoms with van der Waals surface area (Å²) in [6.45, 7) is 3.40. The first kappa shape index (κ1) is 19.7. The van der Waals surface area contributed by atoms with Gasteiger partial charge >= 0.3 is 5.97 Å². The summed E-state index contributed by atoms with van der Waals surface area (Å²) in [6.07, 6.45) is 0. The monoisotopic (exact) mass is 379 g/mol. The molecule has 0 saturated heterocycles. The van der Waals surface area contributed by atoms with Gasteiger partial charge in [-0.1, -0.05) is 0 Å². The molecule has 0 heterocycles. The Kier molecular flexibility index (Phi) is 6.23. The molecular formula is C18H21NO6S. The molecule has 8 heteroatoms. The largest absolute Gasteiger partial charge is 0.497 e. The quantitative estimate of drug-likeness (QED) is 0.587. The van der Waals surface area contributed by atoms with Gasteiger partial charge in [0.2, 0.25) is 10.0 Å². The first-order chi connectivity index (χ1) is 12.3. The minimum Gasteiger partial charge on any atom is -0.497 e. The normalized spacial score (nSPS) is 11.3. The highest BCUT2D eigenvalue weighted by Crippen LogP contribution is 2.26. The van der Waals surface area contributed by atoms with Crippen molar-refractivity contribution in [1.29, 1.82) is 0 Å². The van der Waals surface area contributed by atoms with Gasteiger partial charge in [-0.05, 0) is 56.3 Å². The van der Waals surface area contributed by atoms with Gasteiger partial charge in [-0.25, -0.2) is 17.9 Å². The molecule has 0 radical (unpaired) electrons. The Morgan fingerprint density at radius 1 is 0.962 bits per heavy atom. The van der Waals surface area contributed by atoms with Crippen LogP contribution < -0.4 is 18.9 Å². The number of hydrogen-bond acceptors (Lipinski definition) is 6. The molecule has 2 rings (SSSR count). The predicted molar refractivity (Wildman–Crippen MR) is 96.4 cm³/mol. The molecule has 0 fully saturated rings. The standard InChI is InChI=1S/C18H21NO6S/c1-12(2)19-26(21,22)17-11-13(5-10-16(17)24-4)18(20)25-15-8-6-14(23-3)7-9-15/h5-12,19H,1-4H3.